The summed E-state index contributed by atoms with van der Waals surface area (Å²) in [5.74, 6) is -0.470. The Bertz CT molecular complexity index is 622. The van der Waals surface area contributed by atoms with Crippen molar-refractivity contribution in [1.29, 1.82) is 0 Å². The number of aromatic carboxylic acids is 1. The SMILES string of the molecule is O=C(O)c1cccn(CCSc2ccccc2)c1=O. The molecule has 2 aromatic rings. The van der Waals surface area contributed by atoms with Gasteiger partial charge in [-0.3, -0.25) is 4.79 Å². The number of aromatic nitrogens is 1. The summed E-state index contributed by atoms with van der Waals surface area (Å²) in [7, 11) is 0. The maximum absolute atomic E-state index is 11.8. The number of carboxylic acids is 1. The van der Waals surface area contributed by atoms with Crippen molar-refractivity contribution in [2.24, 2.45) is 0 Å². The number of nitrogens with zero attached hydrogens (tertiary/aromatic N) is 1. The molecule has 0 aliphatic carbocycles. The molecule has 5 heteroatoms. The van der Waals surface area contributed by atoms with Crippen molar-refractivity contribution in [2.75, 3.05) is 5.75 Å². The van der Waals surface area contributed by atoms with Crippen molar-refractivity contribution in [2.45, 2.75) is 11.4 Å². The molecule has 0 saturated carbocycles. The maximum Gasteiger partial charge on any atom is 0.341 e. The fraction of sp³-hybridized carbons (Fsp3) is 0.143. The van der Waals surface area contributed by atoms with E-state index in [1.54, 1.807) is 24.0 Å². The van der Waals surface area contributed by atoms with E-state index in [9.17, 15) is 9.59 Å². The molecular formula is C14H13NO3S. The summed E-state index contributed by atoms with van der Waals surface area (Å²) in [6.07, 6.45) is 1.61. The molecule has 4 nitrogen and oxygen atoms in total. The highest BCUT2D eigenvalue weighted by atomic mass is 32.2. The van der Waals surface area contributed by atoms with Gasteiger partial charge in [0.25, 0.3) is 5.56 Å². The molecule has 1 N–H and O–H groups in total. The average molecular weight is 275 g/mol. The number of carbonyl (C=O) groups is 1. The molecule has 0 spiro atoms. The van der Waals surface area contributed by atoms with E-state index in [2.05, 4.69) is 0 Å². The fourth-order valence-corrected chi connectivity index (χ4v) is 2.53. The summed E-state index contributed by atoms with van der Waals surface area (Å²) in [5, 5.41) is 8.87. The van der Waals surface area contributed by atoms with Crippen molar-refractivity contribution in [3.8, 4) is 0 Å². The molecule has 0 radical (unpaired) electrons. The number of hydrogen-bond acceptors (Lipinski definition) is 3. The Morgan fingerprint density at radius 1 is 1.16 bits per heavy atom. The summed E-state index contributed by atoms with van der Waals surface area (Å²) >= 11 is 1.63. The van der Waals surface area contributed by atoms with E-state index in [0.717, 1.165) is 4.90 Å². The van der Waals surface area contributed by atoms with Gasteiger partial charge < -0.3 is 9.67 Å². The second-order valence-electron chi connectivity index (χ2n) is 3.89. The molecular weight excluding hydrogens is 262 g/mol. The molecule has 0 fully saturated rings. The summed E-state index contributed by atoms with van der Waals surface area (Å²) in [5.41, 5.74) is -0.643. The van der Waals surface area contributed by atoms with Crippen LogP contribution in [0.2, 0.25) is 0 Å². The first-order valence-corrected chi connectivity index (χ1v) is 6.77. The monoisotopic (exact) mass is 275 g/mol. The highest BCUT2D eigenvalue weighted by Crippen LogP contribution is 2.16. The Balaban J connectivity index is 2.03. The van der Waals surface area contributed by atoms with Crippen LogP contribution in [0, 0.1) is 0 Å². The first kappa shape index (κ1) is 13.4. The van der Waals surface area contributed by atoms with Crippen LogP contribution in [0.5, 0.6) is 0 Å². The third kappa shape index (κ3) is 3.48. The van der Waals surface area contributed by atoms with Crippen LogP contribution in [0.1, 0.15) is 10.4 Å². The van der Waals surface area contributed by atoms with Crippen LogP contribution in [0.4, 0.5) is 0 Å². The predicted octanol–water partition coefficient (Wildman–Crippen LogP) is 2.34. The van der Waals surface area contributed by atoms with Gasteiger partial charge in [-0.15, -0.1) is 11.8 Å². The largest absolute Gasteiger partial charge is 0.477 e. The molecule has 1 aromatic carbocycles. The lowest BCUT2D eigenvalue weighted by molar-refractivity contribution is 0.0694. The Morgan fingerprint density at radius 2 is 1.89 bits per heavy atom. The fourth-order valence-electron chi connectivity index (χ4n) is 1.65. The number of aryl methyl sites for hydroxylation is 1. The Labute approximate surface area is 114 Å². The van der Waals surface area contributed by atoms with Gasteiger partial charge in [0, 0.05) is 23.4 Å². The predicted molar refractivity (Wildman–Crippen MR) is 74.8 cm³/mol. The highest BCUT2D eigenvalue weighted by Gasteiger charge is 2.09. The average Bonchev–Trinajstić information content (AvgIpc) is 2.41. The number of carboxylic acid groups (broad SMARTS) is 1. The molecule has 2 rings (SSSR count). The minimum atomic E-state index is -1.19. The molecule has 98 valence electrons. The Hall–Kier alpha value is -2.01. The molecule has 1 heterocycles. The number of pyridine rings is 1. The first-order valence-electron chi connectivity index (χ1n) is 5.79. The minimum Gasteiger partial charge on any atom is -0.477 e. The van der Waals surface area contributed by atoms with Crippen LogP contribution < -0.4 is 5.56 Å². The zero-order valence-corrected chi connectivity index (χ0v) is 11.0. The summed E-state index contributed by atoms with van der Waals surface area (Å²) in [4.78, 5) is 23.8. The highest BCUT2D eigenvalue weighted by molar-refractivity contribution is 7.99. The van der Waals surface area contributed by atoms with Crippen molar-refractivity contribution in [3.63, 3.8) is 0 Å². The molecule has 0 aliphatic rings. The van der Waals surface area contributed by atoms with Gasteiger partial charge in [-0.05, 0) is 24.3 Å². The van der Waals surface area contributed by atoms with Gasteiger partial charge in [0.2, 0.25) is 0 Å². The second kappa shape index (κ2) is 6.24. The standard InChI is InChI=1S/C14H13NO3S/c16-13-12(14(17)18)7-4-8-15(13)9-10-19-11-5-2-1-3-6-11/h1-8H,9-10H2,(H,17,18). The van der Waals surface area contributed by atoms with Gasteiger partial charge in [-0.1, -0.05) is 18.2 Å². The minimum absolute atomic E-state index is 0.188. The van der Waals surface area contributed by atoms with Crippen molar-refractivity contribution >= 4 is 17.7 Å². The smallest absolute Gasteiger partial charge is 0.341 e. The van der Waals surface area contributed by atoms with Crippen molar-refractivity contribution in [1.82, 2.24) is 4.57 Å². The summed E-state index contributed by atoms with van der Waals surface area (Å²) in [6, 6.07) is 12.8. The molecule has 0 saturated heterocycles. The first-order chi connectivity index (χ1) is 9.18. The normalized spacial score (nSPS) is 10.3. The Kier molecular flexibility index (Phi) is 4.41. The van der Waals surface area contributed by atoms with Crippen LogP contribution >= 0.6 is 11.8 Å². The number of rotatable bonds is 5. The van der Waals surface area contributed by atoms with E-state index in [1.807, 2.05) is 30.3 Å². The van der Waals surface area contributed by atoms with E-state index in [0.29, 0.717) is 12.3 Å². The van der Waals surface area contributed by atoms with Crippen molar-refractivity contribution in [3.05, 3.63) is 64.6 Å². The second-order valence-corrected chi connectivity index (χ2v) is 5.06. The van der Waals surface area contributed by atoms with E-state index in [4.69, 9.17) is 5.11 Å². The molecule has 0 unspecified atom stereocenters. The lowest BCUT2D eigenvalue weighted by atomic mass is 10.3. The van der Waals surface area contributed by atoms with Gasteiger partial charge in [0.05, 0.1) is 0 Å². The molecule has 19 heavy (non-hydrogen) atoms. The topological polar surface area (TPSA) is 59.3 Å². The van der Waals surface area contributed by atoms with Crippen LogP contribution in [-0.4, -0.2) is 21.4 Å². The van der Waals surface area contributed by atoms with Gasteiger partial charge in [0.15, 0.2) is 0 Å². The summed E-state index contributed by atoms with van der Waals surface area (Å²) in [6.45, 7) is 0.486. The lowest BCUT2D eigenvalue weighted by Gasteiger charge is -2.06. The third-order valence-corrected chi connectivity index (χ3v) is 3.59. The quantitative estimate of drug-likeness (QED) is 0.851. The third-order valence-electron chi connectivity index (χ3n) is 2.59. The van der Waals surface area contributed by atoms with Gasteiger partial charge in [-0.2, -0.15) is 0 Å². The Morgan fingerprint density at radius 3 is 2.58 bits per heavy atom. The molecule has 0 atom stereocenters. The maximum atomic E-state index is 11.8. The van der Waals surface area contributed by atoms with Gasteiger partial charge in [0.1, 0.15) is 5.56 Å². The van der Waals surface area contributed by atoms with Crippen LogP contribution in [0.25, 0.3) is 0 Å². The van der Waals surface area contributed by atoms with E-state index in [-0.39, 0.29) is 5.56 Å². The summed E-state index contributed by atoms with van der Waals surface area (Å²) < 4.78 is 1.43. The lowest BCUT2D eigenvalue weighted by Crippen LogP contribution is -2.26. The van der Waals surface area contributed by atoms with Crippen molar-refractivity contribution < 1.29 is 9.90 Å². The molecule has 0 aliphatic heterocycles. The number of thioether (sulfide) groups is 1. The van der Waals surface area contributed by atoms with Crippen LogP contribution in [0.3, 0.4) is 0 Å². The number of benzene rings is 1. The zero-order chi connectivity index (χ0) is 13.7. The van der Waals surface area contributed by atoms with E-state index >= 15 is 0 Å². The van der Waals surface area contributed by atoms with Crippen LogP contribution in [-0.2, 0) is 6.54 Å². The molecule has 0 bridgehead atoms. The van der Waals surface area contributed by atoms with E-state index < -0.39 is 11.5 Å². The molecule has 1 aromatic heterocycles. The zero-order valence-electron chi connectivity index (χ0n) is 10.2. The van der Waals surface area contributed by atoms with Crippen LogP contribution in [0.15, 0.2) is 58.4 Å². The van der Waals surface area contributed by atoms with E-state index in [1.165, 1.54) is 10.6 Å². The molecule has 0 amide bonds. The van der Waals surface area contributed by atoms with Gasteiger partial charge in [-0.25, -0.2) is 4.79 Å². The number of hydrogen-bond donors (Lipinski definition) is 1. The van der Waals surface area contributed by atoms with Gasteiger partial charge >= 0.3 is 5.97 Å².